The molecule has 2 aliphatic rings. The van der Waals surface area contributed by atoms with Crippen molar-refractivity contribution < 1.29 is 18.7 Å². The van der Waals surface area contributed by atoms with Crippen LogP contribution in [0.3, 0.4) is 0 Å². The largest absolute Gasteiger partial charge is 0.497 e. The minimum Gasteiger partial charge on any atom is -0.497 e. The van der Waals surface area contributed by atoms with Gasteiger partial charge in [-0.15, -0.1) is 0 Å². The quantitative estimate of drug-likeness (QED) is 0.633. The third-order valence-corrected chi connectivity index (χ3v) is 6.83. The Balaban J connectivity index is 1.39. The van der Waals surface area contributed by atoms with E-state index in [0.717, 1.165) is 37.2 Å². The normalized spacial score (nSPS) is 19.7. The Morgan fingerprint density at radius 3 is 2.61 bits per heavy atom. The van der Waals surface area contributed by atoms with Crippen LogP contribution in [0.15, 0.2) is 42.5 Å². The second-order valence-electron chi connectivity index (χ2n) is 8.66. The van der Waals surface area contributed by atoms with Crippen LogP contribution in [0.1, 0.15) is 36.4 Å². The van der Waals surface area contributed by atoms with Crippen LogP contribution in [0.4, 0.5) is 4.39 Å². The first-order valence-corrected chi connectivity index (χ1v) is 11.7. The molecule has 2 unspecified atom stereocenters. The molecule has 2 aromatic carbocycles. The average molecular weight is 474 g/mol. The van der Waals surface area contributed by atoms with E-state index in [9.17, 15) is 14.0 Å². The Morgan fingerprint density at radius 2 is 1.94 bits per heavy atom. The maximum absolute atomic E-state index is 14.7. The van der Waals surface area contributed by atoms with E-state index >= 15 is 0 Å². The Hall–Kier alpha value is -2.64. The lowest BCUT2D eigenvalue weighted by Gasteiger charge is -2.29. The molecule has 0 aromatic heterocycles. The third kappa shape index (κ3) is 5.47. The van der Waals surface area contributed by atoms with Gasteiger partial charge in [0.2, 0.25) is 11.8 Å². The van der Waals surface area contributed by atoms with Gasteiger partial charge in [0.05, 0.1) is 19.1 Å². The van der Waals surface area contributed by atoms with E-state index in [1.165, 1.54) is 6.07 Å². The molecule has 33 heavy (non-hydrogen) atoms. The number of nitrogens with one attached hydrogen (secondary N) is 1. The topological polar surface area (TPSA) is 61.9 Å². The van der Waals surface area contributed by atoms with Crippen molar-refractivity contribution in [3.63, 3.8) is 0 Å². The summed E-state index contributed by atoms with van der Waals surface area (Å²) >= 11 is 6.34. The molecule has 2 aliphatic heterocycles. The van der Waals surface area contributed by atoms with Crippen molar-refractivity contribution in [3.05, 3.63) is 64.4 Å². The monoisotopic (exact) mass is 473 g/mol. The van der Waals surface area contributed by atoms with Crippen LogP contribution in [0.5, 0.6) is 5.75 Å². The van der Waals surface area contributed by atoms with Crippen LogP contribution < -0.4 is 10.1 Å². The highest BCUT2D eigenvalue weighted by Crippen LogP contribution is 2.32. The average Bonchev–Trinajstić information content (AvgIpc) is 3.46. The number of rotatable bonds is 8. The number of hydrogen-bond acceptors (Lipinski definition) is 4. The fraction of sp³-hybridized carbons (Fsp3) is 0.440. The van der Waals surface area contributed by atoms with Crippen molar-refractivity contribution >= 4 is 23.4 Å². The van der Waals surface area contributed by atoms with E-state index in [1.807, 2.05) is 24.3 Å². The van der Waals surface area contributed by atoms with Gasteiger partial charge in [-0.1, -0.05) is 29.8 Å². The number of likely N-dealkylation sites (tertiary alicyclic amines) is 2. The molecule has 0 bridgehead atoms. The number of amides is 2. The molecule has 0 aliphatic carbocycles. The molecular weight excluding hydrogens is 445 g/mol. The number of methoxy groups -OCH3 is 1. The molecule has 2 aromatic rings. The molecule has 1 N–H and O–H groups in total. The van der Waals surface area contributed by atoms with E-state index < -0.39 is 5.92 Å². The lowest BCUT2D eigenvalue weighted by molar-refractivity contribution is -0.129. The van der Waals surface area contributed by atoms with Gasteiger partial charge >= 0.3 is 0 Å². The zero-order valence-electron chi connectivity index (χ0n) is 18.7. The van der Waals surface area contributed by atoms with Gasteiger partial charge in [-0.25, -0.2) is 4.39 Å². The van der Waals surface area contributed by atoms with Gasteiger partial charge in [-0.2, -0.15) is 0 Å². The zero-order chi connectivity index (χ0) is 23.4. The summed E-state index contributed by atoms with van der Waals surface area (Å²) in [4.78, 5) is 29.3. The number of halogens is 2. The Bertz CT molecular complexity index is 975. The van der Waals surface area contributed by atoms with Gasteiger partial charge in [0.1, 0.15) is 11.6 Å². The van der Waals surface area contributed by atoms with E-state index in [2.05, 4.69) is 10.2 Å². The van der Waals surface area contributed by atoms with Crippen LogP contribution >= 0.6 is 11.6 Å². The van der Waals surface area contributed by atoms with Crippen LogP contribution in [-0.4, -0.2) is 54.9 Å². The Labute approximate surface area is 198 Å². The fourth-order valence-corrected chi connectivity index (χ4v) is 4.98. The lowest BCUT2D eigenvalue weighted by Crippen LogP contribution is -2.40. The zero-order valence-corrected chi connectivity index (χ0v) is 19.5. The molecule has 2 amide bonds. The summed E-state index contributed by atoms with van der Waals surface area (Å²) in [6.45, 7) is 2.74. The van der Waals surface area contributed by atoms with Gasteiger partial charge in [0, 0.05) is 36.6 Å². The van der Waals surface area contributed by atoms with Crippen molar-refractivity contribution in [2.24, 2.45) is 5.92 Å². The van der Waals surface area contributed by atoms with Gasteiger partial charge in [-0.3, -0.25) is 14.5 Å². The molecule has 8 heteroatoms. The molecule has 2 atom stereocenters. The Kier molecular flexibility index (Phi) is 7.50. The summed E-state index contributed by atoms with van der Waals surface area (Å²) in [7, 11) is 1.61. The number of benzene rings is 2. The van der Waals surface area contributed by atoms with Gasteiger partial charge in [0.25, 0.3) is 0 Å². The molecule has 2 saturated heterocycles. The van der Waals surface area contributed by atoms with E-state index in [-0.39, 0.29) is 36.6 Å². The molecule has 6 nitrogen and oxygen atoms in total. The highest BCUT2D eigenvalue weighted by Gasteiger charge is 2.35. The minimum absolute atomic E-state index is 0.0424. The molecule has 0 spiro atoms. The summed E-state index contributed by atoms with van der Waals surface area (Å²) in [5, 5.41) is 3.34. The highest BCUT2D eigenvalue weighted by molar-refractivity contribution is 6.31. The highest BCUT2D eigenvalue weighted by atomic mass is 35.5. The van der Waals surface area contributed by atoms with Crippen LogP contribution in [0.25, 0.3) is 0 Å². The maximum Gasteiger partial charge on any atom is 0.225 e. The number of nitrogens with zero attached hydrogens (tertiary/aromatic N) is 2. The summed E-state index contributed by atoms with van der Waals surface area (Å²) in [5.41, 5.74) is 1.40. The molecule has 0 saturated carbocycles. The number of carbonyl (C=O) groups is 2. The van der Waals surface area contributed by atoms with E-state index in [0.29, 0.717) is 23.7 Å². The van der Waals surface area contributed by atoms with E-state index in [1.54, 1.807) is 24.1 Å². The van der Waals surface area contributed by atoms with Gasteiger partial charge in [0.15, 0.2) is 0 Å². The standard InChI is InChI=1S/C25H29ClFN3O3/c1-33-19-9-7-17(8-10-19)15-30-16-18(13-23(30)31)25(32)28-14-22(29-11-2-3-12-29)24-20(26)5-4-6-21(24)27/h4-10,18,22H,2-3,11-16H2,1H3,(H,28,32). The number of ether oxygens (including phenoxy) is 1. The third-order valence-electron chi connectivity index (χ3n) is 6.50. The predicted molar refractivity (Wildman–Crippen MR) is 124 cm³/mol. The first-order chi connectivity index (χ1) is 16.0. The van der Waals surface area contributed by atoms with E-state index in [4.69, 9.17) is 16.3 Å². The molecule has 176 valence electrons. The first kappa shape index (κ1) is 23.5. The second kappa shape index (κ2) is 10.5. The predicted octanol–water partition coefficient (Wildman–Crippen LogP) is 3.79. The van der Waals surface area contributed by atoms with Crippen LogP contribution in [-0.2, 0) is 16.1 Å². The van der Waals surface area contributed by atoms with Crippen molar-refractivity contribution in [2.75, 3.05) is 33.3 Å². The van der Waals surface area contributed by atoms with Crippen molar-refractivity contribution in [1.29, 1.82) is 0 Å². The molecule has 2 heterocycles. The van der Waals surface area contributed by atoms with Crippen LogP contribution in [0.2, 0.25) is 5.02 Å². The molecular formula is C25H29ClFN3O3. The summed E-state index contributed by atoms with van der Waals surface area (Å²) < 4.78 is 19.8. The minimum atomic E-state index is -0.425. The van der Waals surface area contributed by atoms with Crippen molar-refractivity contribution in [3.8, 4) is 5.75 Å². The Morgan fingerprint density at radius 1 is 1.21 bits per heavy atom. The number of carbonyl (C=O) groups excluding carboxylic acids is 2. The smallest absolute Gasteiger partial charge is 0.225 e. The first-order valence-electron chi connectivity index (χ1n) is 11.3. The van der Waals surface area contributed by atoms with Crippen molar-refractivity contribution in [2.45, 2.75) is 31.8 Å². The summed E-state index contributed by atoms with van der Waals surface area (Å²) in [6.07, 6.45) is 2.25. The van der Waals surface area contributed by atoms with Crippen molar-refractivity contribution in [1.82, 2.24) is 15.1 Å². The number of hydrogen-bond donors (Lipinski definition) is 1. The molecule has 2 fully saturated rings. The fourth-order valence-electron chi connectivity index (χ4n) is 4.69. The SMILES string of the molecule is COc1ccc(CN2CC(C(=O)NCC(c3c(F)cccc3Cl)N3CCCC3)CC2=O)cc1. The molecule has 0 radical (unpaired) electrons. The summed E-state index contributed by atoms with van der Waals surface area (Å²) in [6, 6.07) is 11.9. The van der Waals surface area contributed by atoms with Crippen LogP contribution in [0, 0.1) is 11.7 Å². The van der Waals surface area contributed by atoms with Gasteiger partial charge in [-0.05, 0) is 55.8 Å². The molecule has 4 rings (SSSR count). The summed E-state index contributed by atoms with van der Waals surface area (Å²) in [5.74, 6) is -0.260. The second-order valence-corrected chi connectivity index (χ2v) is 9.07. The maximum atomic E-state index is 14.7. The van der Waals surface area contributed by atoms with Gasteiger partial charge < -0.3 is 15.0 Å². The lowest BCUT2D eigenvalue weighted by atomic mass is 10.0.